The summed E-state index contributed by atoms with van der Waals surface area (Å²) in [6.07, 6.45) is 1.63. The van der Waals surface area contributed by atoms with Gasteiger partial charge >= 0.3 is 0 Å². The number of carbonyl (C=O) groups excluding carboxylic acids is 1. The van der Waals surface area contributed by atoms with Crippen molar-refractivity contribution in [1.82, 2.24) is 4.90 Å². The Hall–Kier alpha value is -2.53. The van der Waals surface area contributed by atoms with E-state index in [-0.39, 0.29) is 12.5 Å². The zero-order valence-electron chi connectivity index (χ0n) is 15.3. The fourth-order valence-electron chi connectivity index (χ4n) is 2.81. The number of nitrogens with zero attached hydrogens (tertiary/aromatic N) is 1. The number of ether oxygens (including phenoxy) is 1. The van der Waals surface area contributed by atoms with Gasteiger partial charge in [0.2, 0.25) is 0 Å². The summed E-state index contributed by atoms with van der Waals surface area (Å²) in [6, 6.07) is 11.8. The lowest BCUT2D eigenvalue weighted by Crippen LogP contribution is -2.34. The summed E-state index contributed by atoms with van der Waals surface area (Å²) in [5.74, 6) is 1.42. The van der Waals surface area contributed by atoms with Crippen molar-refractivity contribution < 1.29 is 13.9 Å². The van der Waals surface area contributed by atoms with Gasteiger partial charge in [-0.15, -0.1) is 11.3 Å². The molecule has 0 aliphatic carbocycles. The molecule has 0 unspecified atom stereocenters. The lowest BCUT2D eigenvalue weighted by atomic mass is 10.1. The van der Waals surface area contributed by atoms with E-state index in [4.69, 9.17) is 9.15 Å². The first-order valence-electron chi connectivity index (χ1n) is 8.55. The molecule has 136 valence electrons. The van der Waals surface area contributed by atoms with Crippen LogP contribution in [-0.2, 0) is 17.9 Å². The molecule has 0 radical (unpaired) electrons. The molecule has 2 aromatic heterocycles. The predicted octanol–water partition coefficient (Wildman–Crippen LogP) is 4.87. The van der Waals surface area contributed by atoms with E-state index in [0.29, 0.717) is 13.1 Å². The molecule has 26 heavy (non-hydrogen) atoms. The highest BCUT2D eigenvalue weighted by Gasteiger charge is 2.18. The Bertz CT molecular complexity index is 847. The van der Waals surface area contributed by atoms with Crippen molar-refractivity contribution in [2.75, 3.05) is 6.61 Å². The van der Waals surface area contributed by atoms with Crippen LogP contribution in [0.4, 0.5) is 0 Å². The summed E-state index contributed by atoms with van der Waals surface area (Å²) >= 11 is 1.66. The maximum Gasteiger partial charge on any atom is 0.261 e. The number of furan rings is 1. The zero-order valence-corrected chi connectivity index (χ0v) is 16.1. The van der Waals surface area contributed by atoms with E-state index >= 15 is 0 Å². The standard InChI is InChI=1S/C21H23NO3S/c1-15-9-16(2)11-19(10-15)25-14-21(23)22(12-18-5-4-7-24-18)13-20-17(3)6-8-26-20/h4-11H,12-14H2,1-3H3. The van der Waals surface area contributed by atoms with Crippen molar-refractivity contribution in [1.29, 1.82) is 0 Å². The van der Waals surface area contributed by atoms with Crippen LogP contribution in [0.1, 0.15) is 27.3 Å². The number of thiophene rings is 1. The van der Waals surface area contributed by atoms with Gasteiger partial charge in [-0.1, -0.05) is 6.07 Å². The second-order valence-corrected chi connectivity index (χ2v) is 7.47. The minimum absolute atomic E-state index is 0.00796. The van der Waals surface area contributed by atoms with Gasteiger partial charge in [0, 0.05) is 4.88 Å². The third-order valence-electron chi connectivity index (χ3n) is 4.14. The summed E-state index contributed by atoms with van der Waals surface area (Å²) in [6.45, 7) is 7.09. The largest absolute Gasteiger partial charge is 0.484 e. The zero-order chi connectivity index (χ0) is 18.5. The van der Waals surface area contributed by atoms with Crippen LogP contribution >= 0.6 is 11.3 Å². The number of rotatable bonds is 7. The Kier molecular flexibility index (Phi) is 5.78. The van der Waals surface area contributed by atoms with Gasteiger partial charge in [0.1, 0.15) is 11.5 Å². The minimum atomic E-state index is -0.0617. The van der Waals surface area contributed by atoms with Crippen LogP contribution in [0.2, 0.25) is 0 Å². The van der Waals surface area contributed by atoms with Crippen molar-refractivity contribution >= 4 is 17.2 Å². The van der Waals surface area contributed by atoms with Gasteiger partial charge in [-0.2, -0.15) is 0 Å². The van der Waals surface area contributed by atoms with Gasteiger partial charge < -0.3 is 14.1 Å². The van der Waals surface area contributed by atoms with Crippen molar-refractivity contribution in [2.24, 2.45) is 0 Å². The van der Waals surface area contributed by atoms with Gasteiger partial charge in [0.15, 0.2) is 6.61 Å². The SMILES string of the molecule is Cc1cc(C)cc(OCC(=O)N(Cc2ccco2)Cc2sccc2C)c1. The summed E-state index contributed by atoms with van der Waals surface area (Å²) in [5, 5.41) is 2.05. The number of benzene rings is 1. The van der Waals surface area contributed by atoms with Crippen LogP contribution < -0.4 is 4.74 Å². The molecule has 3 rings (SSSR count). The molecule has 0 aliphatic rings. The molecule has 0 aliphatic heterocycles. The highest BCUT2D eigenvalue weighted by molar-refractivity contribution is 7.10. The van der Waals surface area contributed by atoms with Gasteiger partial charge in [-0.3, -0.25) is 4.79 Å². The molecular weight excluding hydrogens is 346 g/mol. The molecule has 0 saturated heterocycles. The molecule has 2 heterocycles. The number of carbonyl (C=O) groups is 1. The number of hydrogen-bond donors (Lipinski definition) is 0. The summed E-state index contributed by atoms with van der Waals surface area (Å²) in [5.41, 5.74) is 3.44. The van der Waals surface area contributed by atoms with Crippen LogP contribution in [0.15, 0.2) is 52.5 Å². The van der Waals surface area contributed by atoms with Crippen LogP contribution in [-0.4, -0.2) is 17.4 Å². The van der Waals surface area contributed by atoms with Crippen molar-refractivity contribution in [3.63, 3.8) is 0 Å². The number of amides is 1. The van der Waals surface area contributed by atoms with E-state index in [0.717, 1.165) is 22.6 Å². The fraction of sp³-hybridized carbons (Fsp3) is 0.286. The van der Waals surface area contributed by atoms with Gasteiger partial charge in [-0.25, -0.2) is 0 Å². The molecule has 0 spiro atoms. The lowest BCUT2D eigenvalue weighted by Gasteiger charge is -2.22. The molecular formula is C21H23NO3S. The lowest BCUT2D eigenvalue weighted by molar-refractivity contribution is -0.134. The number of aryl methyl sites for hydroxylation is 3. The van der Waals surface area contributed by atoms with Crippen molar-refractivity contribution in [3.05, 3.63) is 75.4 Å². The number of hydrogen-bond acceptors (Lipinski definition) is 4. The first-order valence-corrected chi connectivity index (χ1v) is 9.43. The molecule has 0 saturated carbocycles. The van der Waals surface area contributed by atoms with Crippen LogP contribution in [0.5, 0.6) is 5.75 Å². The topological polar surface area (TPSA) is 42.7 Å². The Labute approximate surface area is 158 Å². The second kappa shape index (κ2) is 8.23. The molecule has 0 atom stereocenters. The minimum Gasteiger partial charge on any atom is -0.484 e. The molecule has 4 nitrogen and oxygen atoms in total. The van der Waals surface area contributed by atoms with Crippen LogP contribution in [0.3, 0.4) is 0 Å². The van der Waals surface area contributed by atoms with Crippen molar-refractivity contribution in [3.8, 4) is 5.75 Å². The Morgan fingerprint density at radius 3 is 2.50 bits per heavy atom. The van der Waals surface area contributed by atoms with Crippen LogP contribution in [0.25, 0.3) is 0 Å². The van der Waals surface area contributed by atoms with Crippen LogP contribution in [0, 0.1) is 20.8 Å². The monoisotopic (exact) mass is 369 g/mol. The van der Waals surface area contributed by atoms with E-state index in [1.807, 2.05) is 43.5 Å². The van der Waals surface area contributed by atoms with E-state index in [9.17, 15) is 4.79 Å². The molecule has 1 amide bonds. The molecule has 3 aromatic rings. The van der Waals surface area contributed by atoms with Crippen molar-refractivity contribution in [2.45, 2.75) is 33.9 Å². The average molecular weight is 369 g/mol. The maximum absolute atomic E-state index is 12.8. The third kappa shape index (κ3) is 4.76. The normalized spacial score (nSPS) is 10.7. The molecule has 0 fully saturated rings. The third-order valence-corrected chi connectivity index (χ3v) is 5.15. The first-order chi connectivity index (χ1) is 12.5. The summed E-state index contributed by atoms with van der Waals surface area (Å²) in [7, 11) is 0. The molecule has 0 bridgehead atoms. The quantitative estimate of drug-likeness (QED) is 0.596. The highest BCUT2D eigenvalue weighted by atomic mass is 32.1. The van der Waals surface area contributed by atoms with Gasteiger partial charge in [0.25, 0.3) is 5.91 Å². The summed E-state index contributed by atoms with van der Waals surface area (Å²) in [4.78, 5) is 15.8. The average Bonchev–Trinajstić information content (AvgIpc) is 3.23. The molecule has 1 aromatic carbocycles. The predicted molar refractivity (Wildman–Crippen MR) is 103 cm³/mol. The smallest absolute Gasteiger partial charge is 0.261 e. The van der Waals surface area contributed by atoms with Gasteiger partial charge in [-0.05, 0) is 73.2 Å². The molecule has 5 heteroatoms. The van der Waals surface area contributed by atoms with E-state index in [1.54, 1.807) is 22.5 Å². The highest BCUT2D eigenvalue weighted by Crippen LogP contribution is 2.20. The Morgan fingerprint density at radius 1 is 1.12 bits per heavy atom. The van der Waals surface area contributed by atoms with E-state index < -0.39 is 0 Å². The van der Waals surface area contributed by atoms with E-state index in [1.165, 1.54) is 10.4 Å². The first kappa shape index (κ1) is 18.3. The Balaban J connectivity index is 1.70. The Morgan fingerprint density at radius 2 is 1.88 bits per heavy atom. The molecule has 0 N–H and O–H groups in total. The van der Waals surface area contributed by atoms with Gasteiger partial charge in [0.05, 0.1) is 19.4 Å². The summed E-state index contributed by atoms with van der Waals surface area (Å²) < 4.78 is 11.2. The van der Waals surface area contributed by atoms with E-state index in [2.05, 4.69) is 19.1 Å². The maximum atomic E-state index is 12.8. The fourth-order valence-corrected chi connectivity index (χ4v) is 3.74. The second-order valence-electron chi connectivity index (χ2n) is 6.47.